The van der Waals surface area contributed by atoms with Crippen molar-refractivity contribution in [3.8, 4) is 0 Å². The number of rotatable bonds is 4. The van der Waals surface area contributed by atoms with E-state index in [1.54, 1.807) is 0 Å². The fourth-order valence-electron chi connectivity index (χ4n) is 2.38. The van der Waals surface area contributed by atoms with E-state index in [4.69, 9.17) is 12.2 Å². The summed E-state index contributed by atoms with van der Waals surface area (Å²) in [5.41, 5.74) is 0. The van der Waals surface area contributed by atoms with Crippen molar-refractivity contribution in [1.29, 1.82) is 0 Å². The number of thiocarbonyl (C=S) groups is 1. The quantitative estimate of drug-likeness (QED) is 0.585. The summed E-state index contributed by atoms with van der Waals surface area (Å²) in [6.07, 6.45) is 6.38. The third-order valence-corrected chi connectivity index (χ3v) is 4.10. The summed E-state index contributed by atoms with van der Waals surface area (Å²) in [7, 11) is 0. The molecular weight excluding hydrogens is 216 g/mol. The highest BCUT2D eigenvalue weighted by atomic mass is 32.1. The van der Waals surface area contributed by atoms with Crippen LogP contribution in [0.15, 0.2) is 0 Å². The van der Waals surface area contributed by atoms with Gasteiger partial charge in [0.15, 0.2) is 5.11 Å². The van der Waals surface area contributed by atoms with Gasteiger partial charge in [-0.1, -0.05) is 40.0 Å². The molecule has 1 aliphatic carbocycles. The maximum Gasteiger partial charge on any atom is 0.166 e. The maximum absolute atomic E-state index is 5.32. The van der Waals surface area contributed by atoms with Gasteiger partial charge in [-0.2, -0.15) is 0 Å². The first-order valence-corrected chi connectivity index (χ1v) is 7.10. The third-order valence-electron chi connectivity index (χ3n) is 3.84. The lowest BCUT2D eigenvalue weighted by atomic mass is 9.78. The Morgan fingerprint density at radius 2 is 2.06 bits per heavy atom. The minimum atomic E-state index is 0.574. The minimum absolute atomic E-state index is 0.574. The molecule has 0 saturated heterocycles. The summed E-state index contributed by atoms with van der Waals surface area (Å²) in [5, 5.41) is 7.61. The molecule has 1 rings (SSSR count). The van der Waals surface area contributed by atoms with E-state index in [0.29, 0.717) is 6.04 Å². The Bertz CT molecular complexity index is 218. The van der Waals surface area contributed by atoms with Gasteiger partial charge in [-0.25, -0.2) is 0 Å². The van der Waals surface area contributed by atoms with Gasteiger partial charge in [0.25, 0.3) is 0 Å². The van der Waals surface area contributed by atoms with Crippen LogP contribution >= 0.6 is 12.2 Å². The van der Waals surface area contributed by atoms with E-state index in [2.05, 4.69) is 31.4 Å². The Morgan fingerprint density at radius 3 is 2.75 bits per heavy atom. The van der Waals surface area contributed by atoms with Crippen molar-refractivity contribution in [2.45, 2.75) is 58.9 Å². The molecule has 16 heavy (non-hydrogen) atoms. The van der Waals surface area contributed by atoms with Crippen LogP contribution in [-0.2, 0) is 0 Å². The van der Waals surface area contributed by atoms with Crippen LogP contribution < -0.4 is 10.6 Å². The summed E-state index contributed by atoms with van der Waals surface area (Å²) >= 11 is 5.32. The maximum atomic E-state index is 5.32. The van der Waals surface area contributed by atoms with Crippen molar-refractivity contribution in [2.24, 2.45) is 11.8 Å². The topological polar surface area (TPSA) is 24.1 Å². The van der Waals surface area contributed by atoms with Crippen LogP contribution in [0.2, 0.25) is 0 Å². The van der Waals surface area contributed by atoms with Crippen molar-refractivity contribution in [1.82, 2.24) is 10.6 Å². The molecule has 3 atom stereocenters. The zero-order valence-corrected chi connectivity index (χ0v) is 11.7. The molecule has 1 fully saturated rings. The van der Waals surface area contributed by atoms with Crippen molar-refractivity contribution < 1.29 is 0 Å². The Balaban J connectivity index is 2.26. The molecule has 1 saturated carbocycles. The van der Waals surface area contributed by atoms with Crippen molar-refractivity contribution in [2.75, 3.05) is 6.54 Å². The Morgan fingerprint density at radius 1 is 1.31 bits per heavy atom. The molecule has 94 valence electrons. The van der Waals surface area contributed by atoms with Crippen molar-refractivity contribution in [3.63, 3.8) is 0 Å². The van der Waals surface area contributed by atoms with E-state index in [-0.39, 0.29) is 0 Å². The molecule has 0 aromatic heterocycles. The SMILES string of the molecule is CCCCNC(=S)N[C@@H]1CCC[C@@H](C)[C@H]1C. The average Bonchev–Trinajstić information content (AvgIpc) is 2.25. The Hall–Kier alpha value is -0.310. The monoisotopic (exact) mass is 242 g/mol. The van der Waals surface area contributed by atoms with Crippen LogP contribution in [0, 0.1) is 11.8 Å². The second kappa shape index (κ2) is 7.10. The molecule has 0 spiro atoms. The van der Waals surface area contributed by atoms with E-state index in [1.807, 2.05) is 0 Å². The predicted molar refractivity (Wildman–Crippen MR) is 74.6 cm³/mol. The zero-order valence-electron chi connectivity index (χ0n) is 10.9. The van der Waals surface area contributed by atoms with Gasteiger partial charge < -0.3 is 10.6 Å². The summed E-state index contributed by atoms with van der Waals surface area (Å²) in [6, 6.07) is 0.574. The van der Waals surface area contributed by atoms with E-state index < -0.39 is 0 Å². The summed E-state index contributed by atoms with van der Waals surface area (Å²) < 4.78 is 0. The fourth-order valence-corrected chi connectivity index (χ4v) is 2.64. The van der Waals surface area contributed by atoms with Gasteiger partial charge in [0, 0.05) is 12.6 Å². The normalized spacial score (nSPS) is 29.8. The highest BCUT2D eigenvalue weighted by molar-refractivity contribution is 7.80. The van der Waals surface area contributed by atoms with Crippen LogP contribution in [0.1, 0.15) is 52.9 Å². The molecule has 0 unspecified atom stereocenters. The predicted octanol–water partition coefficient (Wildman–Crippen LogP) is 3.08. The number of hydrogen-bond donors (Lipinski definition) is 2. The van der Waals surface area contributed by atoms with E-state index >= 15 is 0 Å². The smallest absolute Gasteiger partial charge is 0.166 e. The summed E-state index contributed by atoms with van der Waals surface area (Å²) in [4.78, 5) is 0. The van der Waals surface area contributed by atoms with Gasteiger partial charge in [-0.05, 0) is 36.9 Å². The number of nitrogens with one attached hydrogen (secondary N) is 2. The molecule has 0 radical (unpaired) electrons. The molecule has 0 bridgehead atoms. The lowest BCUT2D eigenvalue weighted by Gasteiger charge is -2.35. The molecule has 0 aromatic rings. The molecule has 1 aliphatic rings. The Kier molecular flexibility index (Phi) is 6.10. The van der Waals surface area contributed by atoms with Gasteiger partial charge in [0.05, 0.1) is 0 Å². The van der Waals surface area contributed by atoms with E-state index in [1.165, 1.54) is 32.1 Å². The lowest BCUT2D eigenvalue weighted by Crippen LogP contribution is -2.47. The van der Waals surface area contributed by atoms with Gasteiger partial charge in [0.2, 0.25) is 0 Å². The Labute approximate surface area is 106 Å². The van der Waals surface area contributed by atoms with Crippen LogP contribution in [-0.4, -0.2) is 17.7 Å². The van der Waals surface area contributed by atoms with Crippen molar-refractivity contribution >= 4 is 17.3 Å². The second-order valence-corrected chi connectivity index (χ2v) is 5.54. The first kappa shape index (κ1) is 13.8. The average molecular weight is 242 g/mol. The first-order chi connectivity index (χ1) is 7.65. The minimum Gasteiger partial charge on any atom is -0.363 e. The van der Waals surface area contributed by atoms with Gasteiger partial charge in [-0.3, -0.25) is 0 Å². The van der Waals surface area contributed by atoms with Gasteiger partial charge in [0.1, 0.15) is 0 Å². The van der Waals surface area contributed by atoms with Crippen LogP contribution in [0.25, 0.3) is 0 Å². The number of unbranched alkanes of at least 4 members (excludes halogenated alkanes) is 1. The molecule has 0 aliphatic heterocycles. The highest BCUT2D eigenvalue weighted by Crippen LogP contribution is 2.29. The second-order valence-electron chi connectivity index (χ2n) is 5.13. The molecule has 0 aromatic carbocycles. The molecule has 2 nitrogen and oxygen atoms in total. The fraction of sp³-hybridized carbons (Fsp3) is 0.923. The third kappa shape index (κ3) is 4.28. The van der Waals surface area contributed by atoms with Crippen molar-refractivity contribution in [3.05, 3.63) is 0 Å². The van der Waals surface area contributed by atoms with Crippen LogP contribution in [0.5, 0.6) is 0 Å². The lowest BCUT2D eigenvalue weighted by molar-refractivity contribution is 0.224. The standard InChI is InChI=1S/C13H26N2S/c1-4-5-9-14-13(16)15-12-8-6-7-10(2)11(12)3/h10-12H,4-9H2,1-3H3,(H2,14,15,16)/t10-,11-,12-/m1/s1. The van der Waals surface area contributed by atoms with Crippen LogP contribution in [0.3, 0.4) is 0 Å². The molecular formula is C13H26N2S. The zero-order chi connectivity index (χ0) is 12.0. The van der Waals surface area contributed by atoms with E-state index in [0.717, 1.165) is 23.5 Å². The molecule has 3 heteroatoms. The molecule has 0 heterocycles. The van der Waals surface area contributed by atoms with E-state index in [9.17, 15) is 0 Å². The first-order valence-electron chi connectivity index (χ1n) is 6.69. The van der Waals surface area contributed by atoms with Gasteiger partial charge >= 0.3 is 0 Å². The number of hydrogen-bond acceptors (Lipinski definition) is 1. The summed E-state index contributed by atoms with van der Waals surface area (Å²) in [5.74, 6) is 1.56. The van der Waals surface area contributed by atoms with Gasteiger partial charge in [-0.15, -0.1) is 0 Å². The highest BCUT2D eigenvalue weighted by Gasteiger charge is 2.27. The molecule has 2 N–H and O–H groups in total. The summed E-state index contributed by atoms with van der Waals surface area (Å²) in [6.45, 7) is 7.89. The largest absolute Gasteiger partial charge is 0.363 e. The van der Waals surface area contributed by atoms with Crippen LogP contribution in [0.4, 0.5) is 0 Å². The molecule has 0 amide bonds.